The molecule has 0 aromatic heterocycles. The molecule has 0 spiro atoms. The van der Waals surface area contributed by atoms with E-state index in [4.69, 9.17) is 0 Å². The summed E-state index contributed by atoms with van der Waals surface area (Å²) in [5, 5.41) is 3.62. The average molecular weight is 190 g/mol. The number of halogens is 1. The number of thiol groups is 1. The second-order valence-electron chi connectivity index (χ2n) is 2.37. The Morgan fingerprint density at radius 1 is 1.58 bits per heavy atom. The largest absolute Gasteiger partial charge is 0.462 e. The Hall–Kier alpha value is -0.770. The molecule has 0 N–H and O–H groups in total. The third-order valence-corrected chi connectivity index (χ3v) is 3.20. The van der Waals surface area contributed by atoms with E-state index in [0.29, 0.717) is 0 Å². The lowest BCUT2D eigenvalue weighted by atomic mass is 10.6. The molecule has 1 rings (SSSR count). The molecule has 4 heteroatoms. The maximum absolute atomic E-state index is 13.1. The molecular formula is C8H11FO2S. The van der Waals surface area contributed by atoms with Crippen LogP contribution in [0.15, 0.2) is 23.0 Å². The van der Waals surface area contributed by atoms with E-state index in [1.807, 2.05) is 23.0 Å². The Labute approximate surface area is 73.4 Å². The molecule has 68 valence electrons. The summed E-state index contributed by atoms with van der Waals surface area (Å²) in [4.78, 5) is 10.3. The second-order valence-corrected chi connectivity index (χ2v) is 4.42. The summed E-state index contributed by atoms with van der Waals surface area (Å²) in [6.07, 6.45) is 3.62. The van der Waals surface area contributed by atoms with Gasteiger partial charge in [-0.3, -0.25) is 4.79 Å². The van der Waals surface area contributed by atoms with E-state index in [1.54, 1.807) is 0 Å². The Bertz CT molecular complexity index is 213. The van der Waals surface area contributed by atoms with Crippen LogP contribution in [-0.2, 0) is 9.53 Å². The van der Waals surface area contributed by atoms with E-state index in [2.05, 4.69) is 4.74 Å². The highest BCUT2D eigenvalue weighted by Gasteiger charge is 2.14. The summed E-state index contributed by atoms with van der Waals surface area (Å²) in [5.41, 5.74) is -1.06. The van der Waals surface area contributed by atoms with Gasteiger partial charge in [0.15, 0.2) is 5.50 Å². The molecule has 1 heterocycles. The molecule has 1 aliphatic heterocycles. The van der Waals surface area contributed by atoms with Gasteiger partial charge >= 0.3 is 5.97 Å². The first-order chi connectivity index (χ1) is 5.70. The molecule has 0 saturated carbocycles. The van der Waals surface area contributed by atoms with Gasteiger partial charge in [0.2, 0.25) is 0 Å². The lowest BCUT2D eigenvalue weighted by Crippen LogP contribution is -2.11. The summed E-state index contributed by atoms with van der Waals surface area (Å²) in [7, 11) is -0.842. The van der Waals surface area contributed by atoms with Crippen LogP contribution >= 0.6 is 10.9 Å². The fourth-order valence-electron chi connectivity index (χ4n) is 0.807. The molecule has 2 nitrogen and oxygen atoms in total. The third kappa shape index (κ3) is 2.70. The molecule has 0 fully saturated rings. The van der Waals surface area contributed by atoms with Crippen molar-refractivity contribution < 1.29 is 13.9 Å². The van der Waals surface area contributed by atoms with Gasteiger partial charge in [0, 0.05) is 6.92 Å². The summed E-state index contributed by atoms with van der Waals surface area (Å²) in [5.74, 6) is -0.431. The third-order valence-electron chi connectivity index (χ3n) is 1.38. The van der Waals surface area contributed by atoms with Crippen molar-refractivity contribution >= 4 is 16.9 Å². The van der Waals surface area contributed by atoms with E-state index < -0.39 is 22.4 Å². The van der Waals surface area contributed by atoms with Crippen LogP contribution in [0.4, 0.5) is 4.39 Å². The number of hydrogen-bond donors (Lipinski definition) is 1. The van der Waals surface area contributed by atoms with Crippen molar-refractivity contribution in [1.29, 1.82) is 0 Å². The van der Waals surface area contributed by atoms with Gasteiger partial charge in [-0.05, 0) is 10.8 Å². The van der Waals surface area contributed by atoms with Gasteiger partial charge < -0.3 is 4.74 Å². The molecule has 0 aromatic carbocycles. The van der Waals surface area contributed by atoms with Crippen molar-refractivity contribution in [3.63, 3.8) is 0 Å². The molecule has 0 saturated heterocycles. The molecule has 1 aliphatic rings. The maximum Gasteiger partial charge on any atom is 0.302 e. The van der Waals surface area contributed by atoms with E-state index in [1.165, 1.54) is 6.92 Å². The van der Waals surface area contributed by atoms with E-state index in [9.17, 15) is 9.18 Å². The Morgan fingerprint density at radius 2 is 2.17 bits per heavy atom. The molecule has 1 unspecified atom stereocenters. The van der Waals surface area contributed by atoms with Crippen LogP contribution in [-0.4, -0.2) is 18.1 Å². The molecule has 0 aliphatic carbocycles. The van der Waals surface area contributed by atoms with Crippen LogP contribution in [0.5, 0.6) is 0 Å². The number of ether oxygens (including phenoxy) is 1. The van der Waals surface area contributed by atoms with Crippen LogP contribution in [0.3, 0.4) is 0 Å². The van der Waals surface area contributed by atoms with Gasteiger partial charge in [0.25, 0.3) is 0 Å². The summed E-state index contributed by atoms with van der Waals surface area (Å²) >= 11 is 0. The van der Waals surface area contributed by atoms with Crippen molar-refractivity contribution in [3.05, 3.63) is 23.0 Å². The van der Waals surface area contributed by atoms with Gasteiger partial charge in [0.05, 0.1) is 0 Å². The van der Waals surface area contributed by atoms with Gasteiger partial charge in [-0.1, -0.05) is 12.2 Å². The zero-order chi connectivity index (χ0) is 8.97. The molecule has 12 heavy (non-hydrogen) atoms. The first kappa shape index (κ1) is 9.32. The van der Waals surface area contributed by atoms with Crippen LogP contribution in [0, 0.1) is 0 Å². The Kier molecular flexibility index (Phi) is 3.34. The number of carbonyl (C=O) groups is 1. The Balaban J connectivity index is 2.28. The average Bonchev–Trinajstić information content (AvgIpc) is 2.51. The lowest BCUT2D eigenvalue weighted by Gasteiger charge is -2.15. The quantitative estimate of drug-likeness (QED) is 0.543. The van der Waals surface area contributed by atoms with Crippen molar-refractivity contribution in [1.82, 2.24) is 0 Å². The van der Waals surface area contributed by atoms with Crippen molar-refractivity contribution in [2.75, 3.05) is 6.61 Å². The van der Waals surface area contributed by atoms with Crippen molar-refractivity contribution in [3.8, 4) is 0 Å². The minimum absolute atomic E-state index is 0.129. The van der Waals surface area contributed by atoms with E-state index in [-0.39, 0.29) is 6.61 Å². The second kappa shape index (κ2) is 4.30. The molecular weight excluding hydrogens is 179 g/mol. The van der Waals surface area contributed by atoms with Gasteiger partial charge in [-0.15, -0.1) is 0 Å². The predicted molar refractivity (Wildman–Crippen MR) is 48.8 cm³/mol. The summed E-state index contributed by atoms with van der Waals surface area (Å²) < 4.78 is 17.7. The van der Waals surface area contributed by atoms with Gasteiger partial charge in [-0.25, -0.2) is 4.39 Å². The number of esters is 1. The van der Waals surface area contributed by atoms with E-state index in [0.717, 1.165) is 0 Å². The first-order valence-corrected chi connectivity index (χ1v) is 5.15. The lowest BCUT2D eigenvalue weighted by molar-refractivity contribution is -0.141. The topological polar surface area (TPSA) is 26.3 Å². The highest BCUT2D eigenvalue weighted by molar-refractivity contribution is 8.22. The minimum Gasteiger partial charge on any atom is -0.462 e. The zero-order valence-electron chi connectivity index (χ0n) is 6.74. The smallest absolute Gasteiger partial charge is 0.302 e. The van der Waals surface area contributed by atoms with Gasteiger partial charge in [-0.2, -0.15) is 10.9 Å². The number of hydrogen-bond acceptors (Lipinski definition) is 2. The standard InChI is InChI=1S/C8H11FO2S/c1-7(10)11-6-8(9)12-4-2-3-5-12/h2-5,8,12H,6H2,1H3. The number of carbonyl (C=O) groups excluding carboxylic acids is 1. The van der Waals surface area contributed by atoms with Crippen LogP contribution in [0.2, 0.25) is 0 Å². The highest BCUT2D eigenvalue weighted by Crippen LogP contribution is 2.38. The molecule has 0 aromatic rings. The highest BCUT2D eigenvalue weighted by atomic mass is 32.2. The fraction of sp³-hybridized carbons (Fsp3) is 0.375. The molecule has 0 radical (unpaired) electrons. The van der Waals surface area contributed by atoms with Crippen LogP contribution in [0.1, 0.15) is 6.92 Å². The number of rotatable bonds is 3. The predicted octanol–water partition coefficient (Wildman–Crippen LogP) is 1.89. The van der Waals surface area contributed by atoms with Crippen LogP contribution in [0.25, 0.3) is 0 Å². The molecule has 0 amide bonds. The van der Waals surface area contributed by atoms with Crippen molar-refractivity contribution in [2.45, 2.75) is 12.4 Å². The normalized spacial score (nSPS) is 19.7. The monoisotopic (exact) mass is 190 g/mol. The van der Waals surface area contributed by atoms with Gasteiger partial charge in [0.1, 0.15) is 6.61 Å². The molecule has 0 bridgehead atoms. The fourth-order valence-corrected chi connectivity index (χ4v) is 2.12. The van der Waals surface area contributed by atoms with E-state index >= 15 is 0 Å². The van der Waals surface area contributed by atoms with Crippen LogP contribution < -0.4 is 0 Å². The van der Waals surface area contributed by atoms with Crippen molar-refractivity contribution in [2.24, 2.45) is 0 Å². The molecule has 1 atom stereocenters. The minimum atomic E-state index is -1.06. The first-order valence-electron chi connectivity index (χ1n) is 3.60. The SMILES string of the molecule is CC(=O)OCC(F)[SH]1C=CC=C1. The zero-order valence-corrected chi connectivity index (χ0v) is 7.63. The number of alkyl halides is 1. The maximum atomic E-state index is 13.1. The summed E-state index contributed by atoms with van der Waals surface area (Å²) in [6.45, 7) is 1.15. The summed E-state index contributed by atoms with van der Waals surface area (Å²) in [6, 6.07) is 0. The number of allylic oxidation sites excluding steroid dienone is 2. The Morgan fingerprint density at radius 3 is 2.67 bits per heavy atom.